The average molecular weight is 552 g/mol. The normalized spacial score (nSPS) is 15.0. The molecule has 5 rings (SSSR count). The molecule has 2 aliphatic rings. The lowest BCUT2D eigenvalue weighted by molar-refractivity contribution is 0.0222. The van der Waals surface area contributed by atoms with Crippen molar-refractivity contribution in [1.82, 2.24) is 19.9 Å². The number of ether oxygens (including phenoxy) is 2. The third kappa shape index (κ3) is 6.16. The number of benzene rings is 1. The number of hydrogen-bond donors (Lipinski definition) is 0. The molecule has 0 atom stereocenters. The highest BCUT2D eigenvalue weighted by molar-refractivity contribution is 5.72. The van der Waals surface area contributed by atoms with Gasteiger partial charge in [0, 0.05) is 36.5 Å². The molecule has 1 amide bonds. The Morgan fingerprint density at radius 1 is 1.12 bits per heavy atom. The van der Waals surface area contributed by atoms with Crippen molar-refractivity contribution in [3.8, 4) is 17.0 Å². The summed E-state index contributed by atoms with van der Waals surface area (Å²) in [5.74, 6) is -0.241. The fraction of sp³-hybridized carbons (Fsp3) is 0.467. The maximum atomic E-state index is 15.1. The van der Waals surface area contributed by atoms with Crippen LogP contribution in [0.2, 0.25) is 0 Å². The van der Waals surface area contributed by atoms with Crippen LogP contribution in [0, 0.1) is 17.6 Å². The number of amides is 1. The molecule has 8 nitrogen and oxygen atoms in total. The number of anilines is 1. The van der Waals surface area contributed by atoms with Crippen LogP contribution in [-0.2, 0) is 24.1 Å². The van der Waals surface area contributed by atoms with Gasteiger partial charge in [0.25, 0.3) is 0 Å². The highest BCUT2D eigenvalue weighted by Crippen LogP contribution is 2.38. The molecule has 0 radical (unpaired) electrons. The summed E-state index contributed by atoms with van der Waals surface area (Å²) in [6.45, 7) is 12.4. The van der Waals surface area contributed by atoms with Crippen molar-refractivity contribution in [2.24, 2.45) is 5.92 Å². The van der Waals surface area contributed by atoms with E-state index in [9.17, 15) is 9.18 Å². The Hall–Kier alpha value is -3.82. The summed E-state index contributed by atoms with van der Waals surface area (Å²) in [6.07, 6.45) is 1.66. The second kappa shape index (κ2) is 11.0. The molecule has 212 valence electrons. The molecule has 1 aromatic carbocycles. The number of carbonyl (C=O) groups is 1. The molecule has 0 unspecified atom stereocenters. The van der Waals surface area contributed by atoms with E-state index in [0.29, 0.717) is 55.7 Å². The van der Waals surface area contributed by atoms with Gasteiger partial charge in [-0.05, 0) is 50.5 Å². The number of hydrogen-bond acceptors (Lipinski definition) is 7. The smallest absolute Gasteiger partial charge is 0.410 e. The molecule has 2 aliphatic heterocycles. The summed E-state index contributed by atoms with van der Waals surface area (Å²) in [5.41, 5.74) is 3.01. The van der Waals surface area contributed by atoms with Gasteiger partial charge in [-0.15, -0.1) is 0 Å². The van der Waals surface area contributed by atoms with E-state index < -0.39 is 17.2 Å². The van der Waals surface area contributed by atoms with E-state index in [4.69, 9.17) is 14.5 Å². The van der Waals surface area contributed by atoms with Crippen LogP contribution in [0.4, 0.5) is 19.3 Å². The Morgan fingerprint density at radius 3 is 2.67 bits per heavy atom. The second-order valence-corrected chi connectivity index (χ2v) is 11.7. The van der Waals surface area contributed by atoms with Crippen LogP contribution < -0.4 is 9.64 Å². The Labute approximate surface area is 233 Å². The van der Waals surface area contributed by atoms with Gasteiger partial charge >= 0.3 is 6.09 Å². The predicted octanol–water partition coefficient (Wildman–Crippen LogP) is 5.56. The van der Waals surface area contributed by atoms with Gasteiger partial charge in [-0.1, -0.05) is 19.9 Å². The van der Waals surface area contributed by atoms with Crippen LogP contribution in [0.15, 0.2) is 30.5 Å². The zero-order valence-electron chi connectivity index (χ0n) is 23.6. The Balaban J connectivity index is 1.36. The largest absolute Gasteiger partial charge is 0.486 e. The number of carbonyl (C=O) groups excluding carboxylic acids is 1. The van der Waals surface area contributed by atoms with Crippen LogP contribution in [0.1, 0.15) is 57.4 Å². The zero-order chi connectivity index (χ0) is 28.6. The highest BCUT2D eigenvalue weighted by atomic mass is 19.1. The van der Waals surface area contributed by atoms with Crippen LogP contribution in [-0.4, -0.2) is 57.8 Å². The monoisotopic (exact) mass is 551 g/mol. The van der Waals surface area contributed by atoms with Crippen molar-refractivity contribution in [2.45, 2.75) is 59.6 Å². The minimum Gasteiger partial charge on any atom is -0.486 e. The molecule has 0 fully saturated rings. The Morgan fingerprint density at radius 2 is 1.93 bits per heavy atom. The first-order valence-electron chi connectivity index (χ1n) is 13.7. The van der Waals surface area contributed by atoms with Crippen molar-refractivity contribution in [3.63, 3.8) is 0 Å². The average Bonchev–Trinajstić information content (AvgIpc) is 2.88. The first-order valence-corrected chi connectivity index (χ1v) is 13.7. The molecule has 3 aromatic rings. The number of nitrogens with zero attached hydrogens (tertiary/aromatic N) is 5. The van der Waals surface area contributed by atoms with E-state index in [1.165, 1.54) is 6.07 Å². The van der Waals surface area contributed by atoms with Gasteiger partial charge in [-0.3, -0.25) is 4.98 Å². The van der Waals surface area contributed by atoms with E-state index in [1.54, 1.807) is 11.0 Å². The molecular formula is C30H35F2N5O3. The molecule has 2 aromatic heterocycles. The maximum absolute atomic E-state index is 15.1. The van der Waals surface area contributed by atoms with Gasteiger partial charge < -0.3 is 19.3 Å². The summed E-state index contributed by atoms with van der Waals surface area (Å²) < 4.78 is 41.1. The van der Waals surface area contributed by atoms with Gasteiger partial charge in [-0.25, -0.2) is 23.5 Å². The number of fused-ring (bicyclic) bond motifs is 2. The molecule has 0 saturated heterocycles. The molecule has 0 aliphatic carbocycles. The minimum atomic E-state index is -0.629. The molecule has 0 bridgehead atoms. The lowest BCUT2D eigenvalue weighted by Gasteiger charge is -2.33. The minimum absolute atomic E-state index is 0.0349. The lowest BCUT2D eigenvalue weighted by atomic mass is 10.0. The van der Waals surface area contributed by atoms with Crippen LogP contribution in [0.25, 0.3) is 11.3 Å². The first-order chi connectivity index (χ1) is 19.0. The molecule has 0 saturated carbocycles. The summed E-state index contributed by atoms with van der Waals surface area (Å²) in [5, 5.41) is 0. The number of aromatic nitrogens is 3. The van der Waals surface area contributed by atoms with Crippen LogP contribution in [0.5, 0.6) is 5.75 Å². The summed E-state index contributed by atoms with van der Waals surface area (Å²) in [4.78, 5) is 29.6. The first kappa shape index (κ1) is 27.7. The Kier molecular flexibility index (Phi) is 7.61. The van der Waals surface area contributed by atoms with E-state index in [-0.39, 0.29) is 24.0 Å². The molecule has 4 heterocycles. The third-order valence-electron chi connectivity index (χ3n) is 6.72. The summed E-state index contributed by atoms with van der Waals surface area (Å²) in [6, 6.07) is 6.81. The Bertz CT molecular complexity index is 1420. The molecule has 10 heteroatoms. The van der Waals surface area contributed by atoms with Crippen LogP contribution in [0.3, 0.4) is 0 Å². The van der Waals surface area contributed by atoms with Gasteiger partial charge in [0.1, 0.15) is 23.7 Å². The van der Waals surface area contributed by atoms with Crippen LogP contribution >= 0.6 is 0 Å². The van der Waals surface area contributed by atoms with Crippen molar-refractivity contribution in [2.75, 3.05) is 31.1 Å². The number of pyridine rings is 1. The second-order valence-electron chi connectivity index (χ2n) is 11.7. The van der Waals surface area contributed by atoms with Crippen molar-refractivity contribution < 1.29 is 23.0 Å². The van der Waals surface area contributed by atoms with Gasteiger partial charge in [0.15, 0.2) is 17.4 Å². The van der Waals surface area contributed by atoms with E-state index in [2.05, 4.69) is 28.7 Å². The van der Waals surface area contributed by atoms with Crippen molar-refractivity contribution >= 4 is 11.8 Å². The zero-order valence-corrected chi connectivity index (χ0v) is 23.6. The molecule has 0 spiro atoms. The fourth-order valence-corrected chi connectivity index (χ4v) is 5.00. The van der Waals surface area contributed by atoms with Crippen molar-refractivity contribution in [3.05, 3.63) is 64.9 Å². The van der Waals surface area contributed by atoms with E-state index in [0.717, 1.165) is 29.7 Å². The predicted molar refractivity (Wildman–Crippen MR) is 147 cm³/mol. The summed E-state index contributed by atoms with van der Waals surface area (Å²) >= 11 is 0. The quantitative estimate of drug-likeness (QED) is 0.411. The van der Waals surface area contributed by atoms with Gasteiger partial charge in [0.05, 0.1) is 31.4 Å². The van der Waals surface area contributed by atoms with E-state index in [1.807, 2.05) is 32.9 Å². The number of rotatable bonds is 5. The highest BCUT2D eigenvalue weighted by Gasteiger charge is 2.27. The molecular weight excluding hydrogens is 516 g/mol. The van der Waals surface area contributed by atoms with E-state index >= 15 is 4.39 Å². The third-order valence-corrected chi connectivity index (χ3v) is 6.72. The SMILES string of the molecule is CC(C)CN1CCOc2c(F)cc(-c3nc(Cc4ccc5c(n4)CCN(C(=O)OC(C)(C)C)C5)ncc3F)cc21. The number of halogens is 2. The molecule has 40 heavy (non-hydrogen) atoms. The van der Waals surface area contributed by atoms with Crippen molar-refractivity contribution in [1.29, 1.82) is 0 Å². The fourth-order valence-electron chi connectivity index (χ4n) is 5.00. The lowest BCUT2D eigenvalue weighted by Crippen LogP contribution is -2.40. The maximum Gasteiger partial charge on any atom is 0.410 e. The topological polar surface area (TPSA) is 80.7 Å². The standard InChI is InChI=1S/C30H35F2N5O3/c1-18(2)16-36-10-11-39-28-22(31)12-20(13-25(28)36)27-23(32)15-33-26(35-27)14-21-7-6-19-17-37(9-8-24(19)34-21)29(38)40-30(3,4)5/h6-7,12-13,15,18H,8-11,14,16-17H2,1-5H3. The molecule has 0 N–H and O–H groups in total. The van der Waals surface area contributed by atoms with Gasteiger partial charge in [0.2, 0.25) is 0 Å². The summed E-state index contributed by atoms with van der Waals surface area (Å²) in [7, 11) is 0. The van der Waals surface area contributed by atoms with Gasteiger partial charge in [-0.2, -0.15) is 0 Å².